The Labute approximate surface area is 242 Å². The molecule has 2 aliphatic rings. The SMILES string of the molecule is O=C(Nc1cc(CO)cc(CO)c1)C1Cc2cc(O)ccc2CN1C(=O)[C@@H]1[C@H](O)CCN1C(=O)OCc1ccccc1. The number of hydrogen-bond donors (Lipinski definition) is 5. The van der Waals surface area contributed by atoms with Gasteiger partial charge in [0.15, 0.2) is 0 Å². The van der Waals surface area contributed by atoms with E-state index in [0.29, 0.717) is 22.4 Å². The van der Waals surface area contributed by atoms with Gasteiger partial charge in [-0.25, -0.2) is 4.79 Å². The van der Waals surface area contributed by atoms with Crippen molar-refractivity contribution in [3.8, 4) is 5.75 Å². The van der Waals surface area contributed by atoms with E-state index in [9.17, 15) is 34.8 Å². The van der Waals surface area contributed by atoms with Crippen molar-refractivity contribution in [2.45, 2.75) is 57.4 Å². The van der Waals surface area contributed by atoms with Crippen LogP contribution in [0.15, 0.2) is 66.7 Å². The number of rotatable bonds is 7. The van der Waals surface area contributed by atoms with Gasteiger partial charge in [0.2, 0.25) is 11.8 Å². The molecule has 0 radical (unpaired) electrons. The van der Waals surface area contributed by atoms with Gasteiger partial charge in [0.05, 0.1) is 19.3 Å². The van der Waals surface area contributed by atoms with Crippen molar-refractivity contribution < 1.29 is 39.5 Å². The molecular weight excluding hydrogens is 542 g/mol. The summed E-state index contributed by atoms with van der Waals surface area (Å²) in [6.07, 6.45) is -1.64. The van der Waals surface area contributed by atoms with Gasteiger partial charge < -0.3 is 35.4 Å². The maximum absolute atomic E-state index is 14.1. The predicted molar refractivity (Wildman–Crippen MR) is 151 cm³/mol. The number of fused-ring (bicyclic) bond motifs is 1. The molecular formula is C31H33N3O8. The molecule has 1 fully saturated rings. The fraction of sp³-hybridized carbons (Fsp3) is 0.323. The Kier molecular flexibility index (Phi) is 8.72. The molecule has 2 heterocycles. The lowest BCUT2D eigenvalue weighted by atomic mass is 9.92. The average molecular weight is 576 g/mol. The first-order valence-corrected chi connectivity index (χ1v) is 13.7. The molecule has 5 rings (SSSR count). The van der Waals surface area contributed by atoms with Crippen LogP contribution in [0.5, 0.6) is 5.75 Å². The smallest absolute Gasteiger partial charge is 0.410 e. The number of nitrogens with zero attached hydrogens (tertiary/aromatic N) is 2. The van der Waals surface area contributed by atoms with E-state index in [1.54, 1.807) is 42.5 Å². The number of aliphatic hydroxyl groups is 3. The summed E-state index contributed by atoms with van der Waals surface area (Å²) >= 11 is 0. The third-order valence-corrected chi connectivity index (χ3v) is 7.65. The summed E-state index contributed by atoms with van der Waals surface area (Å²) in [5, 5.41) is 42.9. The zero-order chi connectivity index (χ0) is 29.8. The van der Waals surface area contributed by atoms with E-state index in [4.69, 9.17) is 4.74 Å². The van der Waals surface area contributed by atoms with Crippen molar-refractivity contribution in [2.75, 3.05) is 11.9 Å². The molecule has 1 unspecified atom stereocenters. The number of ether oxygens (including phenoxy) is 1. The fourth-order valence-electron chi connectivity index (χ4n) is 5.53. The van der Waals surface area contributed by atoms with E-state index >= 15 is 0 Å². The number of likely N-dealkylation sites (tertiary alicyclic amines) is 1. The number of aromatic hydroxyl groups is 1. The molecule has 0 bridgehead atoms. The monoisotopic (exact) mass is 575 g/mol. The number of amides is 3. The van der Waals surface area contributed by atoms with Crippen LogP contribution in [-0.2, 0) is 47.1 Å². The highest BCUT2D eigenvalue weighted by atomic mass is 16.6. The summed E-state index contributed by atoms with van der Waals surface area (Å²) in [6.45, 7) is -0.471. The first-order chi connectivity index (χ1) is 20.3. The quantitative estimate of drug-likeness (QED) is 0.286. The summed E-state index contributed by atoms with van der Waals surface area (Å²) < 4.78 is 5.45. The van der Waals surface area contributed by atoms with Crippen LogP contribution in [0.4, 0.5) is 10.5 Å². The molecule has 3 aromatic rings. The molecule has 220 valence electrons. The second kappa shape index (κ2) is 12.6. The lowest BCUT2D eigenvalue weighted by Gasteiger charge is -2.39. The molecule has 0 aliphatic carbocycles. The molecule has 1 saturated heterocycles. The minimum Gasteiger partial charge on any atom is -0.508 e. The molecule has 3 aromatic carbocycles. The van der Waals surface area contributed by atoms with E-state index in [1.165, 1.54) is 15.9 Å². The van der Waals surface area contributed by atoms with Crippen LogP contribution >= 0.6 is 0 Å². The van der Waals surface area contributed by atoms with Gasteiger partial charge in [-0.2, -0.15) is 0 Å². The van der Waals surface area contributed by atoms with E-state index in [-0.39, 0.29) is 51.5 Å². The minimum absolute atomic E-state index is 0.00151. The number of benzene rings is 3. The molecule has 11 nitrogen and oxygen atoms in total. The topological polar surface area (TPSA) is 160 Å². The van der Waals surface area contributed by atoms with Gasteiger partial charge in [0, 0.05) is 25.2 Å². The molecule has 42 heavy (non-hydrogen) atoms. The van der Waals surface area contributed by atoms with Crippen molar-refractivity contribution in [3.63, 3.8) is 0 Å². The van der Waals surface area contributed by atoms with Crippen LogP contribution < -0.4 is 5.32 Å². The first-order valence-electron chi connectivity index (χ1n) is 13.7. The first kappa shape index (κ1) is 29.1. The normalized spacial score (nSPS) is 19.7. The Morgan fingerprint density at radius 2 is 1.60 bits per heavy atom. The molecule has 5 N–H and O–H groups in total. The molecule has 11 heteroatoms. The van der Waals surface area contributed by atoms with Crippen molar-refractivity contribution in [1.82, 2.24) is 9.80 Å². The highest BCUT2D eigenvalue weighted by Crippen LogP contribution is 2.31. The maximum atomic E-state index is 14.1. The van der Waals surface area contributed by atoms with Gasteiger partial charge in [-0.05, 0) is 58.5 Å². The predicted octanol–water partition coefficient (Wildman–Crippen LogP) is 2.04. The zero-order valence-electron chi connectivity index (χ0n) is 22.8. The van der Waals surface area contributed by atoms with Crippen molar-refractivity contribution in [3.05, 3.63) is 94.5 Å². The van der Waals surface area contributed by atoms with Gasteiger partial charge in [-0.15, -0.1) is 0 Å². The van der Waals surface area contributed by atoms with E-state index < -0.39 is 36.1 Å². The van der Waals surface area contributed by atoms with Gasteiger partial charge in [-0.3, -0.25) is 14.5 Å². The number of phenols is 1. The molecule has 0 saturated carbocycles. The van der Waals surface area contributed by atoms with Crippen molar-refractivity contribution in [2.24, 2.45) is 0 Å². The van der Waals surface area contributed by atoms with Crippen LogP contribution in [0.25, 0.3) is 0 Å². The van der Waals surface area contributed by atoms with Crippen LogP contribution in [0.3, 0.4) is 0 Å². The maximum Gasteiger partial charge on any atom is 0.410 e. The van der Waals surface area contributed by atoms with Crippen LogP contribution in [-0.4, -0.2) is 72.9 Å². The fourth-order valence-corrected chi connectivity index (χ4v) is 5.53. The lowest BCUT2D eigenvalue weighted by Crippen LogP contribution is -2.58. The Bertz CT molecular complexity index is 1440. The second-order valence-electron chi connectivity index (χ2n) is 10.5. The number of phenolic OH excluding ortho intramolecular Hbond substituents is 1. The molecule has 3 amide bonds. The molecule has 3 atom stereocenters. The second-order valence-corrected chi connectivity index (χ2v) is 10.5. The van der Waals surface area contributed by atoms with Crippen molar-refractivity contribution in [1.29, 1.82) is 0 Å². The molecule has 0 spiro atoms. The summed E-state index contributed by atoms with van der Waals surface area (Å²) in [6, 6.07) is 16.3. The number of hydrogen-bond acceptors (Lipinski definition) is 8. The zero-order valence-corrected chi connectivity index (χ0v) is 22.8. The number of carbonyl (C=O) groups excluding carboxylic acids is 3. The average Bonchev–Trinajstić information content (AvgIpc) is 3.40. The number of carbonyl (C=O) groups is 3. The Morgan fingerprint density at radius 3 is 2.29 bits per heavy atom. The largest absolute Gasteiger partial charge is 0.508 e. The van der Waals surface area contributed by atoms with Crippen LogP contribution in [0.1, 0.15) is 34.2 Å². The number of aliphatic hydroxyl groups excluding tert-OH is 3. The molecule has 2 aliphatic heterocycles. The van der Waals surface area contributed by atoms with Gasteiger partial charge in [0.25, 0.3) is 0 Å². The third-order valence-electron chi connectivity index (χ3n) is 7.65. The third kappa shape index (κ3) is 6.23. The standard InChI is InChI=1S/C31H33N3O8/c35-16-20-10-21(17-36)12-24(11-20)32-29(39)26-14-23-13-25(37)7-6-22(23)15-34(26)30(40)28-27(38)8-9-33(28)31(41)42-18-19-4-2-1-3-5-19/h1-7,10-13,26-28,35-38H,8-9,14-18H2,(H,32,39)/t26?,27-,28+/m1/s1. The summed E-state index contributed by atoms with van der Waals surface area (Å²) in [5.74, 6) is -1.12. The summed E-state index contributed by atoms with van der Waals surface area (Å²) in [4.78, 5) is 43.3. The highest BCUT2D eigenvalue weighted by molar-refractivity contribution is 5.99. The van der Waals surface area contributed by atoms with Gasteiger partial charge in [0.1, 0.15) is 24.4 Å². The van der Waals surface area contributed by atoms with Gasteiger partial charge >= 0.3 is 6.09 Å². The van der Waals surface area contributed by atoms with Gasteiger partial charge in [-0.1, -0.05) is 42.5 Å². The summed E-state index contributed by atoms with van der Waals surface area (Å²) in [7, 11) is 0. The Morgan fingerprint density at radius 1 is 0.881 bits per heavy atom. The Hall–Kier alpha value is -4.45. The molecule has 0 aromatic heterocycles. The Balaban J connectivity index is 1.40. The van der Waals surface area contributed by atoms with E-state index in [1.807, 2.05) is 18.2 Å². The number of nitrogens with one attached hydrogen (secondary N) is 1. The number of anilines is 1. The van der Waals surface area contributed by atoms with Crippen LogP contribution in [0, 0.1) is 0 Å². The minimum atomic E-state index is -1.25. The van der Waals surface area contributed by atoms with Crippen molar-refractivity contribution >= 4 is 23.6 Å². The highest BCUT2D eigenvalue weighted by Gasteiger charge is 2.47. The lowest BCUT2D eigenvalue weighted by molar-refractivity contribution is -0.145. The summed E-state index contributed by atoms with van der Waals surface area (Å²) in [5.41, 5.74) is 3.49. The van der Waals surface area contributed by atoms with E-state index in [2.05, 4.69) is 5.32 Å². The van der Waals surface area contributed by atoms with Crippen LogP contribution in [0.2, 0.25) is 0 Å². The van der Waals surface area contributed by atoms with E-state index in [0.717, 1.165) is 11.1 Å².